The van der Waals surface area contributed by atoms with Gasteiger partial charge in [-0.15, -0.1) is 0 Å². The molecule has 2 N–H and O–H groups in total. The molecular formula is C24H30ClFN6O2. The maximum Gasteiger partial charge on any atom is 0.320 e. The number of amides is 2. The molecule has 2 saturated heterocycles. The summed E-state index contributed by atoms with van der Waals surface area (Å²) in [6, 6.07) is 4.72. The number of carbonyl (C=O) groups is 1. The number of nitrogens with one attached hydrogen (secondary N) is 1. The van der Waals surface area contributed by atoms with Crippen molar-refractivity contribution >= 4 is 23.4 Å². The third kappa shape index (κ3) is 4.44. The molecule has 2 amide bonds. The minimum Gasteiger partial charge on any atom is -0.387 e. The van der Waals surface area contributed by atoms with Gasteiger partial charge >= 0.3 is 6.03 Å². The molecule has 2 fully saturated rings. The van der Waals surface area contributed by atoms with Crippen LogP contribution in [0.25, 0.3) is 0 Å². The van der Waals surface area contributed by atoms with Crippen molar-refractivity contribution in [3.63, 3.8) is 0 Å². The Morgan fingerprint density at radius 1 is 1.29 bits per heavy atom. The first-order valence-corrected chi connectivity index (χ1v) is 12.3. The lowest BCUT2D eigenvalue weighted by molar-refractivity contribution is 0.130. The summed E-state index contributed by atoms with van der Waals surface area (Å²) in [5.41, 5.74) is 2.57. The number of aliphatic hydroxyl groups excluding tert-OH is 1. The van der Waals surface area contributed by atoms with E-state index in [1.807, 2.05) is 9.80 Å². The predicted molar refractivity (Wildman–Crippen MR) is 127 cm³/mol. The summed E-state index contributed by atoms with van der Waals surface area (Å²) in [5, 5.41) is 13.7. The SMILES string of the molecule is C[C@@H]1C[C@@H](O)c2ncnc(N3CCN(C(=O)N(Cc4ccc(F)c(Cl)c4)C4CCNC4)CC3)c21. The molecule has 0 saturated carbocycles. The largest absolute Gasteiger partial charge is 0.387 e. The van der Waals surface area contributed by atoms with Crippen molar-refractivity contribution in [2.24, 2.45) is 0 Å². The van der Waals surface area contributed by atoms with Crippen LogP contribution in [0.15, 0.2) is 24.5 Å². The van der Waals surface area contributed by atoms with Crippen LogP contribution in [-0.2, 0) is 6.54 Å². The standard InChI is InChI=1S/C24H30ClFN6O2/c1-15-10-20(33)22-21(15)23(29-14-28-22)30-6-8-31(9-7-30)24(34)32(17-4-5-27-12-17)13-16-2-3-19(26)18(25)11-16/h2-3,11,14-15,17,20,27,33H,4-10,12-13H2,1H3/t15-,17?,20-/m1/s1. The molecule has 1 unspecified atom stereocenters. The summed E-state index contributed by atoms with van der Waals surface area (Å²) in [4.78, 5) is 28.4. The zero-order valence-corrected chi connectivity index (χ0v) is 20.0. The number of aliphatic hydroxyl groups is 1. The van der Waals surface area contributed by atoms with Crippen LogP contribution >= 0.6 is 11.6 Å². The first kappa shape index (κ1) is 23.3. The van der Waals surface area contributed by atoms with Crippen molar-refractivity contribution in [1.29, 1.82) is 0 Å². The van der Waals surface area contributed by atoms with Crippen LogP contribution < -0.4 is 10.2 Å². The second-order valence-corrected chi connectivity index (χ2v) is 9.84. The molecule has 1 aromatic carbocycles. The molecule has 2 aliphatic heterocycles. The van der Waals surface area contributed by atoms with Crippen molar-refractivity contribution < 1.29 is 14.3 Å². The van der Waals surface area contributed by atoms with Gasteiger partial charge in [0.2, 0.25) is 0 Å². The van der Waals surface area contributed by atoms with Gasteiger partial charge in [-0.3, -0.25) is 0 Å². The van der Waals surface area contributed by atoms with E-state index in [1.54, 1.807) is 12.1 Å². The van der Waals surface area contributed by atoms with E-state index >= 15 is 0 Å². The van der Waals surface area contributed by atoms with Gasteiger partial charge in [-0.05, 0) is 43.0 Å². The van der Waals surface area contributed by atoms with Crippen LogP contribution in [0.3, 0.4) is 0 Å². The van der Waals surface area contributed by atoms with E-state index in [9.17, 15) is 14.3 Å². The number of fused-ring (bicyclic) bond motifs is 1. The van der Waals surface area contributed by atoms with Gasteiger partial charge in [0, 0.05) is 50.9 Å². The number of piperazine rings is 1. The normalized spacial score (nSPS) is 24.4. The fourth-order valence-corrected chi connectivity index (χ4v) is 5.54. The molecule has 0 bridgehead atoms. The zero-order chi connectivity index (χ0) is 23.8. The summed E-state index contributed by atoms with van der Waals surface area (Å²) >= 11 is 5.99. The van der Waals surface area contributed by atoms with Crippen molar-refractivity contribution in [2.75, 3.05) is 44.2 Å². The van der Waals surface area contributed by atoms with E-state index in [1.165, 1.54) is 12.4 Å². The second-order valence-electron chi connectivity index (χ2n) is 9.43. The molecule has 1 aromatic heterocycles. The third-order valence-electron chi connectivity index (χ3n) is 7.19. The molecule has 3 aliphatic rings. The Morgan fingerprint density at radius 2 is 2.09 bits per heavy atom. The van der Waals surface area contributed by atoms with E-state index in [4.69, 9.17) is 11.6 Å². The quantitative estimate of drug-likeness (QED) is 0.688. The lowest BCUT2D eigenvalue weighted by Gasteiger charge is -2.40. The van der Waals surface area contributed by atoms with Crippen LogP contribution in [0, 0.1) is 5.82 Å². The summed E-state index contributed by atoms with van der Waals surface area (Å²) in [7, 11) is 0. The fraction of sp³-hybridized carbons (Fsp3) is 0.542. The average molecular weight is 489 g/mol. The van der Waals surface area contributed by atoms with Crippen molar-refractivity contribution in [2.45, 2.75) is 44.4 Å². The number of nitrogens with zero attached hydrogens (tertiary/aromatic N) is 5. The van der Waals surface area contributed by atoms with Crippen LogP contribution in [0.4, 0.5) is 15.0 Å². The molecule has 1 aliphatic carbocycles. The number of anilines is 1. The van der Waals surface area contributed by atoms with Crippen molar-refractivity contribution in [3.8, 4) is 0 Å². The number of aromatic nitrogens is 2. The maximum atomic E-state index is 13.6. The summed E-state index contributed by atoms with van der Waals surface area (Å²) in [6.07, 6.45) is 2.53. The number of halogens is 2. The highest BCUT2D eigenvalue weighted by Crippen LogP contribution is 2.42. The molecule has 3 heterocycles. The van der Waals surface area contributed by atoms with E-state index in [-0.39, 0.29) is 23.0 Å². The Bertz CT molecular complexity index is 1060. The minimum atomic E-state index is -0.539. The topological polar surface area (TPSA) is 84.8 Å². The fourth-order valence-electron chi connectivity index (χ4n) is 5.34. The second kappa shape index (κ2) is 9.64. The molecule has 34 heavy (non-hydrogen) atoms. The van der Waals surface area contributed by atoms with Crippen LogP contribution in [0.1, 0.15) is 48.6 Å². The molecule has 10 heteroatoms. The van der Waals surface area contributed by atoms with E-state index in [2.05, 4.69) is 27.1 Å². The van der Waals surface area contributed by atoms with Crippen LogP contribution in [0.2, 0.25) is 5.02 Å². The summed E-state index contributed by atoms with van der Waals surface area (Å²) in [6.45, 7) is 6.58. The number of urea groups is 1. The first-order valence-electron chi connectivity index (χ1n) is 11.9. The smallest absolute Gasteiger partial charge is 0.320 e. The van der Waals surface area contributed by atoms with Crippen molar-refractivity contribution in [3.05, 3.63) is 52.2 Å². The van der Waals surface area contributed by atoms with Gasteiger partial charge in [0.05, 0.1) is 16.8 Å². The number of hydrogen-bond acceptors (Lipinski definition) is 6. The highest BCUT2D eigenvalue weighted by Gasteiger charge is 2.35. The Labute approximate surface area is 203 Å². The van der Waals surface area contributed by atoms with E-state index in [0.717, 1.165) is 42.1 Å². The number of rotatable bonds is 4. The van der Waals surface area contributed by atoms with E-state index in [0.29, 0.717) is 39.1 Å². The Hall–Kier alpha value is -2.49. The molecule has 5 rings (SSSR count). The number of benzene rings is 1. The van der Waals surface area contributed by atoms with Gasteiger partial charge in [0.25, 0.3) is 0 Å². The predicted octanol–water partition coefficient (Wildman–Crippen LogP) is 2.92. The molecule has 3 atom stereocenters. The maximum absolute atomic E-state index is 13.6. The van der Waals surface area contributed by atoms with Gasteiger partial charge in [-0.2, -0.15) is 0 Å². The highest BCUT2D eigenvalue weighted by molar-refractivity contribution is 6.30. The summed E-state index contributed by atoms with van der Waals surface area (Å²) in [5.74, 6) is 0.618. The molecular weight excluding hydrogens is 459 g/mol. The van der Waals surface area contributed by atoms with Gasteiger partial charge in [-0.1, -0.05) is 24.6 Å². The first-order chi connectivity index (χ1) is 16.4. The molecule has 8 nitrogen and oxygen atoms in total. The highest BCUT2D eigenvalue weighted by atomic mass is 35.5. The lowest BCUT2D eigenvalue weighted by atomic mass is 10.1. The Balaban J connectivity index is 1.29. The van der Waals surface area contributed by atoms with Gasteiger partial charge in [0.15, 0.2) is 0 Å². The lowest BCUT2D eigenvalue weighted by Crippen LogP contribution is -2.55. The monoisotopic (exact) mass is 488 g/mol. The Morgan fingerprint density at radius 3 is 2.79 bits per heavy atom. The molecule has 0 spiro atoms. The molecule has 0 radical (unpaired) electrons. The average Bonchev–Trinajstić information content (AvgIpc) is 3.48. The Kier molecular flexibility index (Phi) is 6.59. The zero-order valence-electron chi connectivity index (χ0n) is 19.3. The van der Waals surface area contributed by atoms with Gasteiger partial charge in [0.1, 0.15) is 18.0 Å². The van der Waals surface area contributed by atoms with Gasteiger partial charge in [-0.25, -0.2) is 19.2 Å². The molecule has 2 aromatic rings. The molecule has 182 valence electrons. The van der Waals surface area contributed by atoms with Crippen LogP contribution in [0.5, 0.6) is 0 Å². The summed E-state index contributed by atoms with van der Waals surface area (Å²) < 4.78 is 13.6. The van der Waals surface area contributed by atoms with Crippen molar-refractivity contribution in [1.82, 2.24) is 25.1 Å². The minimum absolute atomic E-state index is 0.00879. The number of hydrogen-bond donors (Lipinski definition) is 2. The van der Waals surface area contributed by atoms with E-state index < -0.39 is 11.9 Å². The third-order valence-corrected chi connectivity index (χ3v) is 7.48. The number of carbonyl (C=O) groups excluding carboxylic acids is 1. The van der Waals surface area contributed by atoms with Gasteiger partial charge < -0.3 is 25.1 Å². The van der Waals surface area contributed by atoms with Crippen LogP contribution in [-0.4, -0.2) is 76.2 Å².